The van der Waals surface area contributed by atoms with E-state index in [0.29, 0.717) is 30.6 Å². The Balaban J connectivity index is 1.46. The predicted octanol–water partition coefficient (Wildman–Crippen LogP) is 6.00. The second kappa shape index (κ2) is 9.81. The fraction of sp³-hybridized carbons (Fsp3) is 0.433. The molecule has 218 valence electrons. The van der Waals surface area contributed by atoms with Gasteiger partial charge in [-0.2, -0.15) is 0 Å². The van der Waals surface area contributed by atoms with Crippen LogP contribution in [0.5, 0.6) is 11.5 Å². The highest BCUT2D eigenvalue weighted by atomic mass is 19.4. The average Bonchev–Trinajstić information content (AvgIpc) is 3.20. The first-order chi connectivity index (χ1) is 19.2. The molecule has 0 spiro atoms. The summed E-state index contributed by atoms with van der Waals surface area (Å²) in [4.78, 5) is 39.0. The largest absolute Gasteiger partial charge is 0.573 e. The molecule has 2 aliphatic rings. The van der Waals surface area contributed by atoms with Crippen LogP contribution in [0.15, 0.2) is 51.7 Å². The fourth-order valence-corrected chi connectivity index (χ4v) is 5.70. The van der Waals surface area contributed by atoms with Gasteiger partial charge in [-0.15, -0.1) is 13.2 Å². The van der Waals surface area contributed by atoms with Crippen molar-refractivity contribution in [2.45, 2.75) is 72.1 Å². The molecule has 2 aromatic carbocycles. The quantitative estimate of drug-likeness (QED) is 0.302. The van der Waals surface area contributed by atoms with E-state index in [4.69, 9.17) is 18.6 Å². The number of halogens is 3. The monoisotopic (exact) mass is 574 g/mol. The molecule has 1 saturated carbocycles. The van der Waals surface area contributed by atoms with Crippen molar-refractivity contribution in [1.29, 1.82) is 0 Å². The molecule has 11 heteroatoms. The minimum atomic E-state index is -4.85. The van der Waals surface area contributed by atoms with Crippen LogP contribution in [0.3, 0.4) is 0 Å². The summed E-state index contributed by atoms with van der Waals surface area (Å²) in [7, 11) is 0. The van der Waals surface area contributed by atoms with Crippen LogP contribution >= 0.6 is 0 Å². The number of rotatable bonds is 8. The van der Waals surface area contributed by atoms with Gasteiger partial charge in [0.2, 0.25) is 5.60 Å². The van der Waals surface area contributed by atoms with Crippen molar-refractivity contribution < 1.29 is 46.1 Å². The van der Waals surface area contributed by atoms with Gasteiger partial charge in [0.25, 0.3) is 0 Å². The van der Waals surface area contributed by atoms with Crippen molar-refractivity contribution in [3.05, 3.63) is 69.6 Å². The minimum Gasteiger partial charge on any atom is -0.488 e. The maximum Gasteiger partial charge on any atom is 0.573 e. The van der Waals surface area contributed by atoms with E-state index in [9.17, 15) is 27.6 Å². The Kier molecular flexibility index (Phi) is 6.82. The summed E-state index contributed by atoms with van der Waals surface area (Å²) in [5.41, 5.74) is -2.61. The second-order valence-corrected chi connectivity index (χ2v) is 11.1. The van der Waals surface area contributed by atoms with Crippen LogP contribution in [-0.4, -0.2) is 23.9 Å². The molecule has 1 aliphatic heterocycles. The molecule has 41 heavy (non-hydrogen) atoms. The van der Waals surface area contributed by atoms with Gasteiger partial charge >= 0.3 is 18.3 Å². The highest BCUT2D eigenvalue weighted by Crippen LogP contribution is 2.65. The minimum absolute atomic E-state index is 0.158. The third-order valence-electron chi connectivity index (χ3n) is 8.64. The SMILES string of the molecule is CCc1cc(=O)c2ccc(OCc3cccc(OC(F)(F)F)c3)c(COC(=O)[C@]34CC[C@](C)(C(=O)O3)C4(C)C)c2o1. The van der Waals surface area contributed by atoms with Crippen molar-refractivity contribution in [3.63, 3.8) is 0 Å². The van der Waals surface area contributed by atoms with E-state index in [2.05, 4.69) is 4.74 Å². The number of benzene rings is 2. The zero-order chi connectivity index (χ0) is 29.8. The number of esters is 2. The summed E-state index contributed by atoms with van der Waals surface area (Å²) in [6.45, 7) is 6.68. The molecule has 2 heterocycles. The van der Waals surface area contributed by atoms with Crippen LogP contribution in [0, 0.1) is 10.8 Å². The van der Waals surface area contributed by atoms with Gasteiger partial charge in [-0.05, 0) is 49.6 Å². The first-order valence-electron chi connectivity index (χ1n) is 13.2. The summed E-state index contributed by atoms with van der Waals surface area (Å²) in [5.74, 6) is -0.969. The summed E-state index contributed by atoms with van der Waals surface area (Å²) >= 11 is 0. The Hall–Kier alpha value is -4.02. The normalized spacial score (nSPS) is 23.0. The molecule has 8 nitrogen and oxygen atoms in total. The van der Waals surface area contributed by atoms with Crippen LogP contribution in [0.25, 0.3) is 11.0 Å². The number of hydrogen-bond donors (Lipinski definition) is 0. The number of carbonyl (C=O) groups excluding carboxylic acids is 2. The van der Waals surface area contributed by atoms with E-state index in [1.54, 1.807) is 13.0 Å². The molecule has 2 bridgehead atoms. The third-order valence-corrected chi connectivity index (χ3v) is 8.64. The van der Waals surface area contributed by atoms with Crippen molar-refractivity contribution in [2.24, 2.45) is 10.8 Å². The van der Waals surface area contributed by atoms with Crippen LogP contribution in [0.2, 0.25) is 0 Å². The Morgan fingerprint density at radius 2 is 1.78 bits per heavy atom. The standard InChI is InChI=1S/C30H29F3O8/c1-5-18-14-22(34)20-9-10-23(37-15-17-7-6-8-19(13-17)40-30(31,32)33)21(24(20)39-18)16-38-26(36)29-12-11-28(4,25(35)41-29)27(29,2)3/h6-10,13-14H,5,11-12,15-16H2,1-4H3/t28-,29+/m1/s1. The highest BCUT2D eigenvalue weighted by Gasteiger charge is 2.76. The third kappa shape index (κ3) is 4.70. The van der Waals surface area contributed by atoms with Gasteiger partial charge < -0.3 is 23.4 Å². The van der Waals surface area contributed by atoms with Crippen LogP contribution in [-0.2, 0) is 38.7 Å². The summed E-state index contributed by atoms with van der Waals surface area (Å²) < 4.78 is 65.3. The van der Waals surface area contributed by atoms with Gasteiger partial charge in [-0.1, -0.05) is 32.9 Å². The number of fused-ring (bicyclic) bond motifs is 3. The smallest absolute Gasteiger partial charge is 0.488 e. The Bertz CT molecular complexity index is 1590. The molecule has 0 amide bonds. The van der Waals surface area contributed by atoms with E-state index in [0.717, 1.165) is 0 Å². The van der Waals surface area contributed by atoms with Crippen molar-refractivity contribution in [1.82, 2.24) is 0 Å². The Morgan fingerprint density at radius 3 is 2.41 bits per heavy atom. The molecular weight excluding hydrogens is 545 g/mol. The number of ether oxygens (including phenoxy) is 4. The first kappa shape index (κ1) is 28.5. The molecule has 3 aromatic rings. The van der Waals surface area contributed by atoms with Crippen LogP contribution < -0.4 is 14.9 Å². The molecule has 0 unspecified atom stereocenters. The summed E-state index contributed by atoms with van der Waals surface area (Å²) in [5, 5.41) is 0.236. The average molecular weight is 575 g/mol. The molecule has 2 fully saturated rings. The molecule has 2 atom stereocenters. The predicted molar refractivity (Wildman–Crippen MR) is 139 cm³/mol. The van der Waals surface area contributed by atoms with E-state index < -0.39 is 40.5 Å². The number of aryl methyl sites for hydroxylation is 1. The Labute approximate surface area is 233 Å². The van der Waals surface area contributed by atoms with Gasteiger partial charge in [0.05, 0.1) is 16.4 Å². The van der Waals surface area contributed by atoms with Crippen molar-refractivity contribution >= 4 is 22.9 Å². The maximum absolute atomic E-state index is 13.5. The lowest BCUT2D eigenvalue weighted by molar-refractivity contribution is -0.274. The molecule has 0 radical (unpaired) electrons. The lowest BCUT2D eigenvalue weighted by Gasteiger charge is -2.34. The summed E-state index contributed by atoms with van der Waals surface area (Å²) in [6.07, 6.45) is -3.64. The van der Waals surface area contributed by atoms with E-state index >= 15 is 0 Å². The molecule has 1 aliphatic carbocycles. The van der Waals surface area contributed by atoms with Gasteiger partial charge in [0.15, 0.2) is 5.43 Å². The van der Waals surface area contributed by atoms with Crippen molar-refractivity contribution in [3.8, 4) is 11.5 Å². The van der Waals surface area contributed by atoms with Crippen LogP contribution in [0.4, 0.5) is 13.2 Å². The number of alkyl halides is 3. The number of hydrogen-bond acceptors (Lipinski definition) is 8. The van der Waals surface area contributed by atoms with Crippen LogP contribution in [0.1, 0.15) is 57.4 Å². The van der Waals surface area contributed by atoms with E-state index in [1.807, 2.05) is 20.8 Å². The topological polar surface area (TPSA) is 101 Å². The zero-order valence-corrected chi connectivity index (χ0v) is 23.0. The maximum atomic E-state index is 13.5. The van der Waals surface area contributed by atoms with Crippen molar-refractivity contribution in [2.75, 3.05) is 0 Å². The van der Waals surface area contributed by atoms with E-state index in [-0.39, 0.29) is 40.9 Å². The molecule has 1 aromatic heterocycles. The number of carbonyl (C=O) groups is 2. The van der Waals surface area contributed by atoms with Gasteiger partial charge in [-0.3, -0.25) is 9.59 Å². The first-order valence-corrected chi connectivity index (χ1v) is 13.2. The lowest BCUT2D eigenvalue weighted by Crippen LogP contribution is -2.48. The van der Waals surface area contributed by atoms with E-state index in [1.165, 1.54) is 36.4 Å². The molecule has 0 N–H and O–H groups in total. The second-order valence-electron chi connectivity index (χ2n) is 11.1. The zero-order valence-electron chi connectivity index (χ0n) is 23.0. The van der Waals surface area contributed by atoms with Gasteiger partial charge in [0.1, 0.15) is 36.1 Å². The van der Waals surface area contributed by atoms with Gasteiger partial charge in [-0.25, -0.2) is 4.79 Å². The van der Waals surface area contributed by atoms with Gasteiger partial charge in [0, 0.05) is 17.9 Å². The summed E-state index contributed by atoms with van der Waals surface area (Å²) in [6, 6.07) is 9.71. The fourth-order valence-electron chi connectivity index (χ4n) is 5.70. The lowest BCUT2D eigenvalue weighted by atomic mass is 9.66. The molecule has 5 rings (SSSR count). The molecule has 1 saturated heterocycles. The Morgan fingerprint density at radius 1 is 1.02 bits per heavy atom. The highest BCUT2D eigenvalue weighted by molar-refractivity contribution is 5.93. The molecular formula is C30H29F3O8.